The van der Waals surface area contributed by atoms with Crippen LogP contribution < -0.4 is 5.32 Å². The number of nitrogens with zero attached hydrogens (tertiary/aromatic N) is 4. The number of aryl methyl sites for hydroxylation is 1. The minimum Gasteiger partial charge on any atom is -0.306 e. The number of rotatable bonds is 3. The van der Waals surface area contributed by atoms with Crippen LogP contribution in [0.2, 0.25) is 0 Å². The molecule has 0 aromatic carbocycles. The summed E-state index contributed by atoms with van der Waals surface area (Å²) in [5.74, 6) is 0.398. The Morgan fingerprint density at radius 1 is 1.14 bits per heavy atom. The zero-order chi connectivity index (χ0) is 14.7. The second-order valence-corrected chi connectivity index (χ2v) is 4.36. The molecule has 3 aromatic heterocycles. The van der Waals surface area contributed by atoms with Crippen LogP contribution in [0.1, 0.15) is 16.2 Å². The van der Waals surface area contributed by atoms with Gasteiger partial charge in [0.05, 0.1) is 0 Å². The van der Waals surface area contributed by atoms with Crippen LogP contribution in [0.5, 0.6) is 0 Å². The number of anilines is 1. The average molecular weight is 280 g/mol. The summed E-state index contributed by atoms with van der Waals surface area (Å²) in [5, 5.41) is 10.4. The molecule has 7 heteroatoms. The van der Waals surface area contributed by atoms with Crippen LogP contribution in [-0.2, 0) is 0 Å². The Kier molecular flexibility index (Phi) is 3.38. The molecule has 2 N–H and O–H groups in total. The first kappa shape index (κ1) is 12.9. The molecule has 0 radical (unpaired) electrons. The Morgan fingerprint density at radius 3 is 2.81 bits per heavy atom. The molecule has 0 spiro atoms. The van der Waals surface area contributed by atoms with E-state index in [0.717, 1.165) is 5.69 Å². The molecule has 0 fully saturated rings. The van der Waals surface area contributed by atoms with E-state index in [1.54, 1.807) is 24.4 Å². The van der Waals surface area contributed by atoms with Crippen molar-refractivity contribution in [2.24, 2.45) is 0 Å². The van der Waals surface area contributed by atoms with Crippen LogP contribution in [0.25, 0.3) is 11.5 Å². The van der Waals surface area contributed by atoms with E-state index < -0.39 is 0 Å². The number of nitrogens with one attached hydrogen (secondary N) is 2. The molecule has 0 aliphatic rings. The highest BCUT2D eigenvalue weighted by Gasteiger charge is 2.11. The maximum Gasteiger partial charge on any atom is 0.276 e. The second-order valence-electron chi connectivity index (χ2n) is 4.36. The summed E-state index contributed by atoms with van der Waals surface area (Å²) in [6.45, 7) is 1.82. The second kappa shape index (κ2) is 5.49. The molecule has 0 atom stereocenters. The fraction of sp³-hybridized carbons (Fsp3) is 0.0714. The zero-order valence-electron chi connectivity index (χ0n) is 11.2. The minimum absolute atomic E-state index is 0.254. The Bertz CT molecular complexity index is 768. The number of aromatic nitrogens is 5. The first-order valence-electron chi connectivity index (χ1n) is 6.31. The van der Waals surface area contributed by atoms with Gasteiger partial charge in [-0.15, -0.1) is 10.2 Å². The lowest BCUT2D eigenvalue weighted by Crippen LogP contribution is -2.14. The van der Waals surface area contributed by atoms with Crippen LogP contribution in [0, 0.1) is 6.92 Å². The van der Waals surface area contributed by atoms with Gasteiger partial charge in [0.25, 0.3) is 5.91 Å². The normalized spacial score (nSPS) is 10.3. The van der Waals surface area contributed by atoms with Crippen LogP contribution >= 0.6 is 0 Å². The SMILES string of the molecule is Cc1cccc(C(=O)Nc2nnc(-c3ccccn3)[nH]2)n1. The molecule has 3 rings (SSSR count). The van der Waals surface area contributed by atoms with E-state index in [4.69, 9.17) is 0 Å². The highest BCUT2D eigenvalue weighted by atomic mass is 16.2. The standard InChI is InChI=1S/C14H12N6O/c1-9-5-4-7-11(16-9)13(21)18-14-17-12(19-20-14)10-6-2-3-8-15-10/h2-8H,1H3,(H2,17,18,19,20,21). The highest BCUT2D eigenvalue weighted by Crippen LogP contribution is 2.12. The van der Waals surface area contributed by atoms with Crippen LogP contribution in [-0.4, -0.2) is 31.1 Å². The summed E-state index contributed by atoms with van der Waals surface area (Å²) < 4.78 is 0. The quantitative estimate of drug-likeness (QED) is 0.762. The molecular formula is C14H12N6O. The van der Waals surface area contributed by atoms with E-state index in [9.17, 15) is 4.79 Å². The van der Waals surface area contributed by atoms with Crippen molar-refractivity contribution in [2.45, 2.75) is 6.92 Å². The van der Waals surface area contributed by atoms with Crippen LogP contribution in [0.15, 0.2) is 42.6 Å². The van der Waals surface area contributed by atoms with Crippen molar-refractivity contribution >= 4 is 11.9 Å². The molecular weight excluding hydrogens is 268 g/mol. The molecule has 3 aromatic rings. The van der Waals surface area contributed by atoms with Crippen molar-refractivity contribution < 1.29 is 4.79 Å². The van der Waals surface area contributed by atoms with Gasteiger partial charge < -0.3 is 4.98 Å². The third-order valence-electron chi connectivity index (χ3n) is 2.75. The zero-order valence-corrected chi connectivity index (χ0v) is 11.2. The van der Waals surface area contributed by atoms with Gasteiger partial charge in [-0.2, -0.15) is 0 Å². The predicted octanol–water partition coefficient (Wildman–Crippen LogP) is 1.82. The summed E-state index contributed by atoms with van der Waals surface area (Å²) in [6, 6.07) is 10.7. The smallest absolute Gasteiger partial charge is 0.276 e. The first-order chi connectivity index (χ1) is 10.2. The van der Waals surface area contributed by atoms with E-state index >= 15 is 0 Å². The molecule has 1 amide bonds. The molecule has 104 valence electrons. The topological polar surface area (TPSA) is 96.5 Å². The number of hydrogen-bond acceptors (Lipinski definition) is 5. The summed E-state index contributed by atoms with van der Waals surface area (Å²) in [5.41, 5.74) is 1.75. The van der Waals surface area contributed by atoms with Crippen LogP contribution in [0.4, 0.5) is 5.95 Å². The van der Waals surface area contributed by atoms with E-state index in [0.29, 0.717) is 17.2 Å². The number of hydrogen-bond donors (Lipinski definition) is 2. The lowest BCUT2D eigenvalue weighted by molar-refractivity contribution is 0.102. The molecule has 0 saturated heterocycles. The van der Waals surface area contributed by atoms with Gasteiger partial charge in [0.2, 0.25) is 5.95 Å². The maximum atomic E-state index is 12.0. The molecule has 3 heterocycles. The number of carbonyl (C=O) groups excluding carboxylic acids is 1. The Labute approximate surface area is 120 Å². The average Bonchev–Trinajstić information content (AvgIpc) is 2.97. The molecule has 21 heavy (non-hydrogen) atoms. The van der Waals surface area contributed by atoms with Crippen LogP contribution in [0.3, 0.4) is 0 Å². The summed E-state index contributed by atoms with van der Waals surface area (Å²) in [7, 11) is 0. The highest BCUT2D eigenvalue weighted by molar-refractivity contribution is 6.01. The number of H-pyrrole nitrogens is 1. The fourth-order valence-corrected chi connectivity index (χ4v) is 1.78. The van der Waals surface area contributed by atoms with Gasteiger partial charge in [-0.1, -0.05) is 12.1 Å². The third-order valence-corrected chi connectivity index (χ3v) is 2.75. The van der Waals surface area contributed by atoms with Gasteiger partial charge in [0.15, 0.2) is 5.82 Å². The van der Waals surface area contributed by atoms with Crippen molar-refractivity contribution in [1.82, 2.24) is 25.1 Å². The maximum absolute atomic E-state index is 12.0. The minimum atomic E-state index is -0.345. The van der Waals surface area contributed by atoms with Gasteiger partial charge >= 0.3 is 0 Å². The van der Waals surface area contributed by atoms with Crippen molar-refractivity contribution in [3.05, 3.63) is 54.0 Å². The van der Waals surface area contributed by atoms with E-state index in [1.165, 1.54) is 0 Å². The largest absolute Gasteiger partial charge is 0.306 e. The summed E-state index contributed by atoms with van der Waals surface area (Å²) in [4.78, 5) is 23.2. The molecule has 0 aliphatic heterocycles. The monoisotopic (exact) mass is 280 g/mol. The fourth-order valence-electron chi connectivity index (χ4n) is 1.78. The molecule has 7 nitrogen and oxygen atoms in total. The Hall–Kier alpha value is -3.09. The number of pyridine rings is 2. The van der Waals surface area contributed by atoms with E-state index in [1.807, 2.05) is 25.1 Å². The predicted molar refractivity (Wildman–Crippen MR) is 76.5 cm³/mol. The molecule has 0 bridgehead atoms. The number of carbonyl (C=O) groups is 1. The lowest BCUT2D eigenvalue weighted by Gasteiger charge is -2.01. The van der Waals surface area contributed by atoms with Crippen molar-refractivity contribution in [3.8, 4) is 11.5 Å². The van der Waals surface area contributed by atoms with Gasteiger partial charge in [-0.3, -0.25) is 15.1 Å². The molecule has 0 aliphatic carbocycles. The Morgan fingerprint density at radius 2 is 2.05 bits per heavy atom. The first-order valence-corrected chi connectivity index (χ1v) is 6.31. The van der Waals surface area contributed by atoms with Crippen molar-refractivity contribution in [2.75, 3.05) is 5.32 Å². The van der Waals surface area contributed by atoms with Crippen molar-refractivity contribution in [3.63, 3.8) is 0 Å². The number of aromatic amines is 1. The van der Waals surface area contributed by atoms with Crippen molar-refractivity contribution in [1.29, 1.82) is 0 Å². The van der Waals surface area contributed by atoms with Gasteiger partial charge in [-0.25, -0.2) is 4.98 Å². The molecule has 0 unspecified atom stereocenters. The van der Waals surface area contributed by atoms with E-state index in [-0.39, 0.29) is 11.9 Å². The van der Waals surface area contributed by atoms with Gasteiger partial charge in [-0.05, 0) is 31.2 Å². The summed E-state index contributed by atoms with van der Waals surface area (Å²) in [6.07, 6.45) is 1.66. The third kappa shape index (κ3) is 2.92. The molecule has 0 saturated carbocycles. The summed E-state index contributed by atoms with van der Waals surface area (Å²) >= 11 is 0. The number of amides is 1. The Balaban J connectivity index is 1.77. The van der Waals surface area contributed by atoms with E-state index in [2.05, 4.69) is 30.5 Å². The lowest BCUT2D eigenvalue weighted by atomic mass is 10.3. The van der Waals surface area contributed by atoms with Gasteiger partial charge in [0, 0.05) is 11.9 Å². The van der Waals surface area contributed by atoms with Gasteiger partial charge in [0.1, 0.15) is 11.4 Å².